The van der Waals surface area contributed by atoms with Gasteiger partial charge in [-0.3, -0.25) is 14.4 Å². The van der Waals surface area contributed by atoms with Crippen LogP contribution in [0.15, 0.2) is 12.3 Å². The van der Waals surface area contributed by atoms with Gasteiger partial charge < -0.3 is 9.64 Å². The van der Waals surface area contributed by atoms with Crippen molar-refractivity contribution in [3.05, 3.63) is 18.0 Å². The van der Waals surface area contributed by atoms with E-state index in [1.807, 2.05) is 43.5 Å². The van der Waals surface area contributed by atoms with Crippen LogP contribution in [0.2, 0.25) is 0 Å². The molecule has 1 unspecified atom stereocenters. The molecule has 0 spiro atoms. The summed E-state index contributed by atoms with van der Waals surface area (Å²) in [6.45, 7) is 6.82. The summed E-state index contributed by atoms with van der Waals surface area (Å²) < 4.78 is 7.27. The van der Waals surface area contributed by atoms with Gasteiger partial charge >= 0.3 is 6.09 Å². The summed E-state index contributed by atoms with van der Waals surface area (Å²) >= 11 is 0. The molecule has 138 valence electrons. The van der Waals surface area contributed by atoms with E-state index in [1.165, 1.54) is 0 Å². The molecular formula is C18H28N4O3. The number of rotatable bonds is 2. The fourth-order valence-electron chi connectivity index (χ4n) is 3.59. The SMILES string of the molecule is Cn1nccc1C1CCCCN1C(=O)[C@H]1CCN1C(=O)OC(C)(C)C. The average Bonchev–Trinajstić information content (AvgIpc) is 2.90. The van der Waals surface area contributed by atoms with Crippen LogP contribution in [0.25, 0.3) is 0 Å². The van der Waals surface area contributed by atoms with Gasteiger partial charge in [-0.15, -0.1) is 0 Å². The number of carbonyl (C=O) groups excluding carboxylic acids is 2. The summed E-state index contributed by atoms with van der Waals surface area (Å²) in [7, 11) is 1.91. The zero-order chi connectivity index (χ0) is 18.2. The van der Waals surface area contributed by atoms with Gasteiger partial charge in [0.2, 0.25) is 5.91 Å². The Morgan fingerprint density at radius 2 is 1.92 bits per heavy atom. The lowest BCUT2D eigenvalue weighted by Crippen LogP contribution is -2.60. The largest absolute Gasteiger partial charge is 0.444 e. The van der Waals surface area contributed by atoms with Gasteiger partial charge in [0.05, 0.1) is 11.7 Å². The van der Waals surface area contributed by atoms with Gasteiger partial charge in [-0.2, -0.15) is 5.10 Å². The van der Waals surface area contributed by atoms with Crippen LogP contribution >= 0.6 is 0 Å². The molecule has 0 aliphatic carbocycles. The molecule has 0 saturated carbocycles. The zero-order valence-corrected chi connectivity index (χ0v) is 15.6. The molecule has 3 rings (SSSR count). The Balaban J connectivity index is 1.72. The molecule has 2 amide bonds. The van der Waals surface area contributed by atoms with Crippen molar-refractivity contribution in [2.75, 3.05) is 13.1 Å². The molecule has 2 saturated heterocycles. The summed E-state index contributed by atoms with van der Waals surface area (Å²) in [6, 6.07) is 1.61. The van der Waals surface area contributed by atoms with Crippen LogP contribution in [0.3, 0.4) is 0 Å². The minimum absolute atomic E-state index is 0.0306. The smallest absolute Gasteiger partial charge is 0.410 e. The fraction of sp³-hybridized carbons (Fsp3) is 0.722. The number of aromatic nitrogens is 2. The number of nitrogens with zero attached hydrogens (tertiary/aromatic N) is 4. The van der Waals surface area contributed by atoms with Crippen LogP contribution in [-0.4, -0.2) is 56.3 Å². The van der Waals surface area contributed by atoms with E-state index in [0.717, 1.165) is 31.5 Å². The number of amides is 2. The first-order valence-electron chi connectivity index (χ1n) is 9.06. The number of likely N-dealkylation sites (tertiary alicyclic amines) is 2. The van der Waals surface area contributed by atoms with E-state index in [2.05, 4.69) is 5.10 Å². The first kappa shape index (κ1) is 17.8. The summed E-state index contributed by atoms with van der Waals surface area (Å²) in [4.78, 5) is 28.9. The van der Waals surface area contributed by atoms with Crippen LogP contribution in [0.1, 0.15) is 58.2 Å². The van der Waals surface area contributed by atoms with Crippen LogP contribution in [0.4, 0.5) is 4.79 Å². The van der Waals surface area contributed by atoms with Crippen molar-refractivity contribution >= 4 is 12.0 Å². The number of carbonyl (C=O) groups is 2. The third-order valence-electron chi connectivity index (χ3n) is 4.92. The van der Waals surface area contributed by atoms with Gasteiger partial charge in [0.25, 0.3) is 0 Å². The maximum Gasteiger partial charge on any atom is 0.410 e. The highest BCUT2D eigenvalue weighted by Gasteiger charge is 2.44. The van der Waals surface area contributed by atoms with Crippen molar-refractivity contribution in [3.8, 4) is 0 Å². The average molecular weight is 348 g/mol. The van der Waals surface area contributed by atoms with E-state index in [0.29, 0.717) is 13.0 Å². The Kier molecular flexibility index (Phi) is 4.75. The van der Waals surface area contributed by atoms with Gasteiger partial charge in [-0.05, 0) is 52.5 Å². The highest BCUT2D eigenvalue weighted by Crippen LogP contribution is 2.33. The Morgan fingerprint density at radius 1 is 1.16 bits per heavy atom. The molecule has 2 atom stereocenters. The molecule has 7 heteroatoms. The van der Waals surface area contributed by atoms with Crippen LogP contribution in [-0.2, 0) is 16.6 Å². The standard InChI is InChI=1S/C18H28N4O3/c1-18(2,3)25-17(24)22-12-9-15(22)16(23)21-11-6-5-7-14(21)13-8-10-19-20(13)4/h8,10,14-15H,5-7,9,11-12H2,1-4H3/t14?,15-/m1/s1. The Labute approximate surface area is 148 Å². The number of hydrogen-bond donors (Lipinski definition) is 0. The first-order chi connectivity index (χ1) is 11.8. The summed E-state index contributed by atoms with van der Waals surface area (Å²) in [5, 5.41) is 4.24. The summed E-state index contributed by atoms with van der Waals surface area (Å²) in [6.07, 6.45) is 5.10. The number of hydrogen-bond acceptors (Lipinski definition) is 4. The van der Waals surface area contributed by atoms with Crippen molar-refractivity contribution in [2.24, 2.45) is 7.05 Å². The highest BCUT2D eigenvalue weighted by molar-refractivity contribution is 5.87. The van der Waals surface area contributed by atoms with E-state index in [1.54, 1.807) is 11.1 Å². The third-order valence-corrected chi connectivity index (χ3v) is 4.92. The normalized spacial score (nSPS) is 24.0. The minimum Gasteiger partial charge on any atom is -0.444 e. The third kappa shape index (κ3) is 3.65. The lowest BCUT2D eigenvalue weighted by molar-refractivity contribution is -0.145. The summed E-state index contributed by atoms with van der Waals surface area (Å²) in [5.74, 6) is 0.0306. The molecule has 2 aliphatic heterocycles. The van der Waals surface area contributed by atoms with Crippen LogP contribution in [0, 0.1) is 0 Å². The van der Waals surface area contributed by atoms with Crippen molar-refractivity contribution in [3.63, 3.8) is 0 Å². The molecule has 0 N–H and O–H groups in total. The lowest BCUT2D eigenvalue weighted by atomic mass is 9.95. The molecule has 0 bridgehead atoms. The van der Waals surface area contributed by atoms with Crippen molar-refractivity contribution in [1.29, 1.82) is 0 Å². The van der Waals surface area contributed by atoms with Gasteiger partial charge in [-0.25, -0.2) is 4.79 Å². The van der Waals surface area contributed by atoms with Crippen LogP contribution in [0.5, 0.6) is 0 Å². The maximum absolute atomic E-state index is 13.1. The molecule has 0 aromatic carbocycles. The Morgan fingerprint density at radius 3 is 2.48 bits per heavy atom. The molecule has 3 heterocycles. The molecule has 2 aliphatic rings. The Bertz CT molecular complexity index is 649. The second-order valence-corrected chi connectivity index (χ2v) is 7.90. The lowest BCUT2D eigenvalue weighted by Gasteiger charge is -2.45. The van der Waals surface area contributed by atoms with E-state index in [-0.39, 0.29) is 11.9 Å². The van der Waals surface area contributed by atoms with E-state index in [4.69, 9.17) is 4.74 Å². The second-order valence-electron chi connectivity index (χ2n) is 7.90. The molecule has 1 aromatic heterocycles. The molecule has 0 radical (unpaired) electrons. The van der Waals surface area contributed by atoms with E-state index in [9.17, 15) is 9.59 Å². The van der Waals surface area contributed by atoms with E-state index >= 15 is 0 Å². The molecular weight excluding hydrogens is 320 g/mol. The summed E-state index contributed by atoms with van der Waals surface area (Å²) in [5.41, 5.74) is 0.499. The fourth-order valence-corrected chi connectivity index (χ4v) is 3.59. The monoisotopic (exact) mass is 348 g/mol. The molecule has 7 nitrogen and oxygen atoms in total. The van der Waals surface area contributed by atoms with Gasteiger partial charge in [-0.1, -0.05) is 0 Å². The minimum atomic E-state index is -0.553. The van der Waals surface area contributed by atoms with Crippen molar-refractivity contribution in [1.82, 2.24) is 19.6 Å². The van der Waals surface area contributed by atoms with Crippen molar-refractivity contribution in [2.45, 2.75) is 64.1 Å². The number of ether oxygens (including phenoxy) is 1. The molecule has 2 fully saturated rings. The first-order valence-corrected chi connectivity index (χ1v) is 9.06. The predicted molar refractivity (Wildman–Crippen MR) is 92.9 cm³/mol. The quantitative estimate of drug-likeness (QED) is 0.823. The van der Waals surface area contributed by atoms with Gasteiger partial charge in [0, 0.05) is 26.3 Å². The second kappa shape index (κ2) is 6.69. The highest BCUT2D eigenvalue weighted by atomic mass is 16.6. The number of piperidine rings is 1. The predicted octanol–water partition coefficient (Wildman–Crippen LogP) is 2.48. The van der Waals surface area contributed by atoms with E-state index < -0.39 is 17.7 Å². The van der Waals surface area contributed by atoms with Gasteiger partial charge in [0.15, 0.2) is 0 Å². The zero-order valence-electron chi connectivity index (χ0n) is 15.6. The molecule has 1 aromatic rings. The molecule has 25 heavy (non-hydrogen) atoms. The maximum atomic E-state index is 13.1. The van der Waals surface area contributed by atoms with Crippen LogP contribution < -0.4 is 0 Å². The topological polar surface area (TPSA) is 67.7 Å². The van der Waals surface area contributed by atoms with Gasteiger partial charge in [0.1, 0.15) is 11.6 Å². The Hall–Kier alpha value is -2.05. The van der Waals surface area contributed by atoms with Crippen molar-refractivity contribution < 1.29 is 14.3 Å². The number of aryl methyl sites for hydroxylation is 1.